The Morgan fingerprint density at radius 3 is 2.72 bits per heavy atom. The molecule has 0 bridgehead atoms. The number of benzene rings is 1. The lowest BCUT2D eigenvalue weighted by atomic mass is 10.1. The number of aromatic nitrogens is 4. The Kier molecular flexibility index (Phi) is 2.60. The molecule has 6 heteroatoms. The standard InChI is InChI=1S/C12H10ClN5/c13-9-3-1-7(2-4-9)5-8-6-10(14)15-12-11(8)16-18-17-12/h1-4,6H,5H2,(H3,14,15,16,17,18). The van der Waals surface area contributed by atoms with Gasteiger partial charge >= 0.3 is 0 Å². The zero-order valence-electron chi connectivity index (χ0n) is 9.39. The predicted molar refractivity (Wildman–Crippen MR) is 70.4 cm³/mol. The van der Waals surface area contributed by atoms with E-state index in [2.05, 4.69) is 20.4 Å². The van der Waals surface area contributed by atoms with Crippen molar-refractivity contribution in [1.82, 2.24) is 20.4 Å². The monoisotopic (exact) mass is 259 g/mol. The van der Waals surface area contributed by atoms with E-state index in [9.17, 15) is 0 Å². The zero-order valence-corrected chi connectivity index (χ0v) is 10.1. The highest BCUT2D eigenvalue weighted by atomic mass is 35.5. The second-order valence-corrected chi connectivity index (χ2v) is 4.44. The summed E-state index contributed by atoms with van der Waals surface area (Å²) in [7, 11) is 0. The summed E-state index contributed by atoms with van der Waals surface area (Å²) >= 11 is 5.86. The van der Waals surface area contributed by atoms with E-state index in [1.807, 2.05) is 30.3 Å². The molecule has 0 atom stereocenters. The van der Waals surface area contributed by atoms with Crippen molar-refractivity contribution in [3.8, 4) is 0 Å². The number of nitrogen functional groups attached to an aromatic ring is 1. The Bertz CT molecular complexity index is 689. The van der Waals surface area contributed by atoms with Crippen molar-refractivity contribution < 1.29 is 0 Å². The zero-order chi connectivity index (χ0) is 12.5. The van der Waals surface area contributed by atoms with Crippen molar-refractivity contribution in [1.29, 1.82) is 0 Å². The van der Waals surface area contributed by atoms with Crippen LogP contribution in [-0.2, 0) is 6.42 Å². The smallest absolute Gasteiger partial charge is 0.203 e. The molecule has 0 spiro atoms. The van der Waals surface area contributed by atoms with Gasteiger partial charge in [0.15, 0.2) is 0 Å². The fourth-order valence-corrected chi connectivity index (χ4v) is 2.00. The summed E-state index contributed by atoms with van der Waals surface area (Å²) in [6.07, 6.45) is 0.715. The maximum atomic E-state index is 5.86. The molecule has 0 aliphatic heterocycles. The minimum atomic E-state index is 0.445. The van der Waals surface area contributed by atoms with Crippen LogP contribution in [0.5, 0.6) is 0 Å². The summed E-state index contributed by atoms with van der Waals surface area (Å²) in [6, 6.07) is 9.50. The maximum absolute atomic E-state index is 5.86. The van der Waals surface area contributed by atoms with Crippen LogP contribution in [0.25, 0.3) is 11.2 Å². The molecule has 5 nitrogen and oxygen atoms in total. The molecule has 2 heterocycles. The van der Waals surface area contributed by atoms with Gasteiger partial charge in [-0.15, -0.1) is 5.10 Å². The van der Waals surface area contributed by atoms with Crippen LogP contribution < -0.4 is 5.73 Å². The second kappa shape index (κ2) is 4.27. The van der Waals surface area contributed by atoms with Gasteiger partial charge in [0.1, 0.15) is 11.3 Å². The van der Waals surface area contributed by atoms with E-state index in [0.717, 1.165) is 21.7 Å². The van der Waals surface area contributed by atoms with E-state index in [1.165, 1.54) is 0 Å². The van der Waals surface area contributed by atoms with Gasteiger partial charge in [0.25, 0.3) is 0 Å². The van der Waals surface area contributed by atoms with Crippen LogP contribution >= 0.6 is 11.6 Å². The van der Waals surface area contributed by atoms with E-state index in [1.54, 1.807) is 0 Å². The molecule has 0 aliphatic carbocycles. The van der Waals surface area contributed by atoms with Crippen molar-refractivity contribution >= 4 is 28.6 Å². The number of rotatable bonds is 2. The molecule has 0 saturated carbocycles. The van der Waals surface area contributed by atoms with Crippen LogP contribution in [0.1, 0.15) is 11.1 Å². The Hall–Kier alpha value is -2.14. The number of fused-ring (bicyclic) bond motifs is 1. The first-order valence-electron chi connectivity index (χ1n) is 5.43. The topological polar surface area (TPSA) is 80.5 Å². The number of anilines is 1. The number of hydrogen-bond donors (Lipinski definition) is 2. The van der Waals surface area contributed by atoms with Crippen LogP contribution in [0.4, 0.5) is 5.82 Å². The summed E-state index contributed by atoms with van der Waals surface area (Å²) < 4.78 is 0. The van der Waals surface area contributed by atoms with Gasteiger partial charge in [-0.1, -0.05) is 23.7 Å². The lowest BCUT2D eigenvalue weighted by Crippen LogP contribution is -1.96. The van der Waals surface area contributed by atoms with Gasteiger partial charge in [-0.25, -0.2) is 4.98 Å². The van der Waals surface area contributed by atoms with E-state index >= 15 is 0 Å². The van der Waals surface area contributed by atoms with Crippen LogP contribution in [0, 0.1) is 0 Å². The summed E-state index contributed by atoms with van der Waals surface area (Å²) in [5.74, 6) is 0.445. The average molecular weight is 260 g/mol. The van der Waals surface area contributed by atoms with Crippen molar-refractivity contribution in [3.63, 3.8) is 0 Å². The number of nitrogens with zero attached hydrogens (tertiary/aromatic N) is 3. The van der Waals surface area contributed by atoms with Gasteiger partial charge in [-0.3, -0.25) is 0 Å². The third kappa shape index (κ3) is 2.00. The molecule has 0 fully saturated rings. The van der Waals surface area contributed by atoms with Gasteiger partial charge in [-0.05, 0) is 35.7 Å². The first-order valence-corrected chi connectivity index (χ1v) is 5.80. The molecule has 3 aromatic rings. The Morgan fingerprint density at radius 2 is 1.94 bits per heavy atom. The Balaban J connectivity index is 2.03. The number of pyridine rings is 1. The lowest BCUT2D eigenvalue weighted by Gasteiger charge is -2.03. The molecule has 0 aliphatic rings. The van der Waals surface area contributed by atoms with E-state index < -0.39 is 0 Å². The number of H-pyrrole nitrogens is 1. The van der Waals surface area contributed by atoms with Gasteiger partial charge in [0.2, 0.25) is 5.65 Å². The number of nitrogens with two attached hydrogens (primary N) is 1. The fraction of sp³-hybridized carbons (Fsp3) is 0.0833. The Morgan fingerprint density at radius 1 is 1.17 bits per heavy atom. The van der Waals surface area contributed by atoms with Crippen molar-refractivity contribution in [3.05, 3.63) is 46.5 Å². The molecule has 2 aromatic heterocycles. The minimum absolute atomic E-state index is 0.445. The van der Waals surface area contributed by atoms with Gasteiger partial charge in [-0.2, -0.15) is 10.3 Å². The van der Waals surface area contributed by atoms with Crippen LogP contribution in [-0.4, -0.2) is 20.4 Å². The molecule has 0 radical (unpaired) electrons. The summed E-state index contributed by atoms with van der Waals surface area (Å²) in [6.45, 7) is 0. The Labute approximate surface area is 108 Å². The first-order chi connectivity index (χ1) is 8.72. The summed E-state index contributed by atoms with van der Waals surface area (Å²) in [5.41, 5.74) is 9.17. The molecule has 0 saturated heterocycles. The molecule has 90 valence electrons. The first kappa shape index (κ1) is 11.0. The summed E-state index contributed by atoms with van der Waals surface area (Å²) in [4.78, 5) is 4.10. The largest absolute Gasteiger partial charge is 0.384 e. The fourth-order valence-electron chi connectivity index (χ4n) is 1.88. The quantitative estimate of drug-likeness (QED) is 0.739. The van der Waals surface area contributed by atoms with E-state index in [-0.39, 0.29) is 0 Å². The van der Waals surface area contributed by atoms with Gasteiger partial charge < -0.3 is 5.73 Å². The summed E-state index contributed by atoms with van der Waals surface area (Å²) in [5, 5.41) is 11.3. The molecule has 1 aromatic carbocycles. The third-order valence-corrected chi connectivity index (χ3v) is 2.95. The van der Waals surface area contributed by atoms with Crippen LogP contribution in [0.2, 0.25) is 5.02 Å². The molecule has 3 rings (SSSR count). The minimum Gasteiger partial charge on any atom is -0.384 e. The molecule has 0 amide bonds. The molecule has 0 unspecified atom stereocenters. The lowest BCUT2D eigenvalue weighted by molar-refractivity contribution is 0.953. The van der Waals surface area contributed by atoms with E-state index in [0.29, 0.717) is 17.9 Å². The highest BCUT2D eigenvalue weighted by Crippen LogP contribution is 2.19. The number of aromatic amines is 1. The average Bonchev–Trinajstić information content (AvgIpc) is 2.80. The van der Waals surface area contributed by atoms with Crippen molar-refractivity contribution in [2.45, 2.75) is 6.42 Å². The molecule has 18 heavy (non-hydrogen) atoms. The molecular weight excluding hydrogens is 250 g/mol. The maximum Gasteiger partial charge on any atom is 0.203 e. The number of hydrogen-bond acceptors (Lipinski definition) is 4. The molecule has 3 N–H and O–H groups in total. The van der Waals surface area contributed by atoms with Crippen LogP contribution in [0.3, 0.4) is 0 Å². The number of halogens is 1. The van der Waals surface area contributed by atoms with Gasteiger partial charge in [0.05, 0.1) is 0 Å². The second-order valence-electron chi connectivity index (χ2n) is 4.01. The highest BCUT2D eigenvalue weighted by molar-refractivity contribution is 6.30. The normalized spacial score (nSPS) is 10.9. The van der Waals surface area contributed by atoms with Crippen molar-refractivity contribution in [2.24, 2.45) is 0 Å². The van der Waals surface area contributed by atoms with Crippen molar-refractivity contribution in [2.75, 3.05) is 5.73 Å². The van der Waals surface area contributed by atoms with E-state index in [4.69, 9.17) is 17.3 Å². The number of nitrogens with one attached hydrogen (secondary N) is 1. The SMILES string of the molecule is Nc1cc(Cc2ccc(Cl)cc2)c2n[nH]nc2n1. The highest BCUT2D eigenvalue weighted by Gasteiger charge is 2.08. The third-order valence-electron chi connectivity index (χ3n) is 2.70. The van der Waals surface area contributed by atoms with Crippen LogP contribution in [0.15, 0.2) is 30.3 Å². The molecular formula is C12H10ClN5. The predicted octanol–water partition coefficient (Wildman–Crippen LogP) is 2.18. The van der Waals surface area contributed by atoms with Gasteiger partial charge in [0, 0.05) is 5.02 Å².